The van der Waals surface area contributed by atoms with Crippen LogP contribution >= 0.6 is 0 Å². The maximum Gasteiger partial charge on any atom is 0.416 e. The van der Waals surface area contributed by atoms with E-state index in [-0.39, 0.29) is 13.0 Å². The zero-order valence-electron chi connectivity index (χ0n) is 13.5. The highest BCUT2D eigenvalue weighted by Gasteiger charge is 2.39. The van der Waals surface area contributed by atoms with E-state index < -0.39 is 29.7 Å². The van der Waals surface area contributed by atoms with Gasteiger partial charge in [0, 0.05) is 6.42 Å². The first kappa shape index (κ1) is 17.9. The molecule has 0 bridgehead atoms. The fraction of sp³-hybridized carbons (Fsp3) is 0.222. The lowest BCUT2D eigenvalue weighted by molar-refractivity contribution is -0.167. The summed E-state index contributed by atoms with van der Waals surface area (Å²) >= 11 is 0. The van der Waals surface area contributed by atoms with Gasteiger partial charge in [-0.15, -0.1) is 5.06 Å². The Morgan fingerprint density at radius 1 is 0.962 bits per heavy atom. The number of benzene rings is 2. The highest BCUT2D eigenvalue weighted by Crippen LogP contribution is 2.29. The molecule has 1 heterocycles. The van der Waals surface area contributed by atoms with Gasteiger partial charge in [0.2, 0.25) is 0 Å². The lowest BCUT2D eigenvalue weighted by Gasteiger charge is -2.13. The number of amides is 3. The standard InChI is InChI=1S/C18H15F3N2O3/c19-18(20,21)14-8-6-12(7-9-14)10-15-16(24)23(17(25)22-15)26-11-13-4-2-1-3-5-13/h1-9,15H,10-11H2,(H,22,25)/t15-/m0/s1. The maximum absolute atomic E-state index is 12.6. The van der Waals surface area contributed by atoms with E-state index in [4.69, 9.17) is 4.84 Å². The van der Waals surface area contributed by atoms with Crippen molar-refractivity contribution in [3.63, 3.8) is 0 Å². The molecule has 136 valence electrons. The lowest BCUT2D eigenvalue weighted by atomic mass is 10.0. The summed E-state index contributed by atoms with van der Waals surface area (Å²) in [6.45, 7) is 0.0486. The van der Waals surface area contributed by atoms with Crippen molar-refractivity contribution in [2.45, 2.75) is 25.2 Å². The summed E-state index contributed by atoms with van der Waals surface area (Å²) in [5.74, 6) is -0.578. The Morgan fingerprint density at radius 2 is 1.62 bits per heavy atom. The van der Waals surface area contributed by atoms with Crippen molar-refractivity contribution in [2.24, 2.45) is 0 Å². The molecule has 0 spiro atoms. The van der Waals surface area contributed by atoms with Crippen molar-refractivity contribution >= 4 is 11.9 Å². The van der Waals surface area contributed by atoms with Gasteiger partial charge >= 0.3 is 12.2 Å². The molecule has 1 N–H and O–H groups in total. The van der Waals surface area contributed by atoms with Crippen LogP contribution in [0.2, 0.25) is 0 Å². The van der Waals surface area contributed by atoms with Gasteiger partial charge < -0.3 is 5.32 Å². The van der Waals surface area contributed by atoms with Crippen LogP contribution in [-0.4, -0.2) is 23.0 Å². The molecule has 1 atom stereocenters. The molecule has 0 aromatic heterocycles. The van der Waals surface area contributed by atoms with Crippen molar-refractivity contribution in [1.82, 2.24) is 10.4 Å². The summed E-state index contributed by atoms with van der Waals surface area (Å²) in [6.07, 6.45) is -4.34. The highest BCUT2D eigenvalue weighted by atomic mass is 19.4. The van der Waals surface area contributed by atoms with Crippen LogP contribution in [0.1, 0.15) is 16.7 Å². The molecule has 26 heavy (non-hydrogen) atoms. The van der Waals surface area contributed by atoms with Crippen LogP contribution in [0.25, 0.3) is 0 Å². The molecule has 2 aromatic rings. The van der Waals surface area contributed by atoms with E-state index in [2.05, 4.69) is 5.32 Å². The van der Waals surface area contributed by atoms with Gasteiger partial charge in [-0.25, -0.2) is 4.79 Å². The first-order chi connectivity index (χ1) is 12.3. The molecule has 0 saturated carbocycles. The molecule has 1 aliphatic heterocycles. The number of hydroxylamine groups is 2. The number of imide groups is 1. The monoisotopic (exact) mass is 364 g/mol. The Labute approximate surface area is 147 Å². The zero-order valence-corrected chi connectivity index (χ0v) is 13.5. The van der Waals surface area contributed by atoms with Gasteiger partial charge in [-0.2, -0.15) is 13.2 Å². The molecule has 0 aliphatic carbocycles. The zero-order chi connectivity index (χ0) is 18.7. The molecular weight excluding hydrogens is 349 g/mol. The summed E-state index contributed by atoms with van der Waals surface area (Å²) < 4.78 is 37.7. The second-order valence-electron chi connectivity index (χ2n) is 5.79. The topological polar surface area (TPSA) is 58.6 Å². The normalized spacial score (nSPS) is 17.5. The van der Waals surface area contributed by atoms with Gasteiger partial charge in [-0.05, 0) is 23.3 Å². The quantitative estimate of drug-likeness (QED) is 0.829. The molecule has 1 saturated heterocycles. The molecule has 0 unspecified atom stereocenters. The SMILES string of the molecule is O=C1N[C@@H](Cc2ccc(C(F)(F)F)cc2)C(=O)N1OCc1ccccc1. The molecule has 1 fully saturated rings. The van der Waals surface area contributed by atoms with Crippen molar-refractivity contribution in [2.75, 3.05) is 0 Å². The Bertz CT molecular complexity index is 792. The molecule has 0 radical (unpaired) electrons. The van der Waals surface area contributed by atoms with Crippen molar-refractivity contribution in [1.29, 1.82) is 0 Å². The minimum atomic E-state index is -4.42. The van der Waals surface area contributed by atoms with Gasteiger partial charge in [-0.1, -0.05) is 42.5 Å². The van der Waals surface area contributed by atoms with Crippen LogP contribution in [0.15, 0.2) is 54.6 Å². The number of carbonyl (C=O) groups is 2. The average molecular weight is 364 g/mol. The minimum Gasteiger partial charge on any atom is -0.324 e. The van der Waals surface area contributed by atoms with Crippen molar-refractivity contribution in [3.8, 4) is 0 Å². The summed E-state index contributed by atoms with van der Waals surface area (Å²) in [7, 11) is 0. The molecule has 5 nitrogen and oxygen atoms in total. The fourth-order valence-electron chi connectivity index (χ4n) is 2.55. The third-order valence-corrected chi connectivity index (χ3v) is 3.90. The first-order valence-corrected chi connectivity index (χ1v) is 7.82. The van der Waals surface area contributed by atoms with E-state index in [1.54, 1.807) is 24.3 Å². The number of hydrogen-bond donors (Lipinski definition) is 1. The second-order valence-corrected chi connectivity index (χ2v) is 5.79. The number of halogens is 3. The van der Waals surface area contributed by atoms with Gasteiger partial charge in [0.05, 0.1) is 5.56 Å². The molecule has 2 aromatic carbocycles. The molecular formula is C18H15F3N2O3. The predicted octanol–water partition coefficient (Wildman–Crippen LogP) is 3.30. The lowest BCUT2D eigenvalue weighted by Crippen LogP contribution is -2.32. The van der Waals surface area contributed by atoms with Crippen LogP contribution in [0, 0.1) is 0 Å². The smallest absolute Gasteiger partial charge is 0.324 e. The number of urea groups is 1. The Hall–Kier alpha value is -2.87. The van der Waals surface area contributed by atoms with Crippen LogP contribution in [0.5, 0.6) is 0 Å². The molecule has 3 amide bonds. The fourth-order valence-corrected chi connectivity index (χ4v) is 2.55. The van der Waals surface area contributed by atoms with Gasteiger partial charge in [-0.3, -0.25) is 9.63 Å². The predicted molar refractivity (Wildman–Crippen MR) is 85.5 cm³/mol. The summed E-state index contributed by atoms with van der Waals surface area (Å²) in [4.78, 5) is 29.5. The summed E-state index contributed by atoms with van der Waals surface area (Å²) in [5, 5.41) is 3.13. The third kappa shape index (κ3) is 4.02. The Kier molecular flexibility index (Phi) is 4.94. The minimum absolute atomic E-state index is 0.0486. The van der Waals surface area contributed by atoms with Crippen LogP contribution in [0.3, 0.4) is 0 Å². The molecule has 3 rings (SSSR count). The first-order valence-electron chi connectivity index (χ1n) is 7.82. The van der Waals surface area contributed by atoms with Crippen molar-refractivity contribution < 1.29 is 27.6 Å². The number of carbonyl (C=O) groups excluding carboxylic acids is 2. The average Bonchev–Trinajstić information content (AvgIpc) is 2.87. The van der Waals surface area contributed by atoms with Gasteiger partial charge in [0.15, 0.2) is 0 Å². The molecule has 8 heteroatoms. The third-order valence-electron chi connectivity index (χ3n) is 3.90. The Balaban J connectivity index is 1.61. The largest absolute Gasteiger partial charge is 0.416 e. The maximum atomic E-state index is 12.6. The number of nitrogens with zero attached hydrogens (tertiary/aromatic N) is 1. The Morgan fingerprint density at radius 3 is 2.23 bits per heavy atom. The number of nitrogens with one attached hydrogen (secondary N) is 1. The van der Waals surface area contributed by atoms with Gasteiger partial charge in [0.25, 0.3) is 5.91 Å². The van der Waals surface area contributed by atoms with Crippen LogP contribution in [0.4, 0.5) is 18.0 Å². The van der Waals surface area contributed by atoms with E-state index in [0.717, 1.165) is 17.7 Å². The van der Waals surface area contributed by atoms with Crippen LogP contribution < -0.4 is 5.32 Å². The van der Waals surface area contributed by atoms with E-state index in [1.165, 1.54) is 12.1 Å². The molecule has 1 aliphatic rings. The number of hydrogen-bond acceptors (Lipinski definition) is 3. The highest BCUT2D eigenvalue weighted by molar-refractivity contribution is 6.03. The summed E-state index contributed by atoms with van der Waals surface area (Å²) in [5.41, 5.74) is 0.525. The van der Waals surface area contributed by atoms with E-state index in [9.17, 15) is 22.8 Å². The second kappa shape index (κ2) is 7.17. The number of rotatable bonds is 5. The van der Waals surface area contributed by atoms with E-state index in [0.29, 0.717) is 10.6 Å². The van der Waals surface area contributed by atoms with Crippen molar-refractivity contribution in [3.05, 3.63) is 71.3 Å². The van der Waals surface area contributed by atoms with E-state index in [1.807, 2.05) is 6.07 Å². The van der Waals surface area contributed by atoms with Crippen LogP contribution in [-0.2, 0) is 28.8 Å². The van der Waals surface area contributed by atoms with Gasteiger partial charge in [0.1, 0.15) is 12.6 Å². The summed E-state index contributed by atoms with van der Waals surface area (Å²) in [6, 6.07) is 11.9. The number of alkyl halides is 3. The van der Waals surface area contributed by atoms with E-state index >= 15 is 0 Å².